The number of benzene rings is 2. The van der Waals surface area contributed by atoms with E-state index in [9.17, 15) is 18.0 Å². The van der Waals surface area contributed by atoms with Crippen molar-refractivity contribution in [1.82, 2.24) is 4.72 Å². The topological polar surface area (TPSA) is 95.6 Å². The molecule has 1 saturated heterocycles. The van der Waals surface area contributed by atoms with E-state index in [1.54, 1.807) is 24.0 Å². The minimum atomic E-state index is -3.59. The first kappa shape index (κ1) is 22.0. The molecule has 1 heterocycles. The van der Waals surface area contributed by atoms with Gasteiger partial charge in [0.2, 0.25) is 21.8 Å². The molecule has 8 heteroatoms. The van der Waals surface area contributed by atoms with E-state index in [2.05, 4.69) is 10.0 Å². The SMILES string of the molecule is CC[C@H](C)NS(=O)(=O)c1ccc(NC(=O)[C@@H]2CC(=O)N(c3ccc(C)cc3)C2)cc1. The van der Waals surface area contributed by atoms with Crippen LogP contribution in [0.4, 0.5) is 11.4 Å². The second-order valence-electron chi connectivity index (χ2n) is 7.69. The molecule has 2 N–H and O–H groups in total. The van der Waals surface area contributed by atoms with Crippen molar-refractivity contribution in [2.24, 2.45) is 5.92 Å². The lowest BCUT2D eigenvalue weighted by Crippen LogP contribution is -2.32. The van der Waals surface area contributed by atoms with Crippen LogP contribution in [0.3, 0.4) is 0 Å². The van der Waals surface area contributed by atoms with Crippen LogP contribution in [-0.4, -0.2) is 32.8 Å². The predicted octanol–water partition coefficient (Wildman–Crippen LogP) is 3.06. The van der Waals surface area contributed by atoms with Crippen molar-refractivity contribution < 1.29 is 18.0 Å². The third-order valence-electron chi connectivity index (χ3n) is 5.24. The van der Waals surface area contributed by atoms with Crippen LogP contribution in [0.25, 0.3) is 0 Å². The van der Waals surface area contributed by atoms with Crippen molar-refractivity contribution in [3.05, 3.63) is 54.1 Å². The molecule has 2 aromatic carbocycles. The molecule has 0 spiro atoms. The van der Waals surface area contributed by atoms with E-state index >= 15 is 0 Å². The average Bonchev–Trinajstić information content (AvgIpc) is 3.10. The summed E-state index contributed by atoms with van der Waals surface area (Å²) in [6.45, 7) is 6.00. The van der Waals surface area contributed by atoms with Gasteiger partial charge in [-0.3, -0.25) is 9.59 Å². The van der Waals surface area contributed by atoms with Gasteiger partial charge in [-0.1, -0.05) is 24.6 Å². The molecule has 0 bridgehead atoms. The highest BCUT2D eigenvalue weighted by Gasteiger charge is 2.35. The van der Waals surface area contributed by atoms with Gasteiger partial charge in [0.1, 0.15) is 0 Å². The number of carbonyl (C=O) groups is 2. The van der Waals surface area contributed by atoms with Gasteiger partial charge in [-0.15, -0.1) is 0 Å². The van der Waals surface area contributed by atoms with Crippen molar-refractivity contribution in [1.29, 1.82) is 0 Å². The monoisotopic (exact) mass is 429 g/mol. The van der Waals surface area contributed by atoms with Crippen LogP contribution in [0, 0.1) is 12.8 Å². The molecular weight excluding hydrogens is 402 g/mol. The first-order chi connectivity index (χ1) is 14.2. The van der Waals surface area contributed by atoms with Crippen LogP contribution >= 0.6 is 0 Å². The number of nitrogens with zero attached hydrogens (tertiary/aromatic N) is 1. The molecule has 0 saturated carbocycles. The number of anilines is 2. The molecule has 160 valence electrons. The Bertz CT molecular complexity index is 1020. The number of aryl methyl sites for hydroxylation is 1. The first-order valence-corrected chi connectivity index (χ1v) is 11.5. The van der Waals surface area contributed by atoms with Gasteiger partial charge in [0, 0.05) is 30.4 Å². The molecule has 0 unspecified atom stereocenters. The Balaban J connectivity index is 1.63. The Morgan fingerprint density at radius 2 is 1.77 bits per heavy atom. The Morgan fingerprint density at radius 3 is 2.37 bits per heavy atom. The van der Waals surface area contributed by atoms with Gasteiger partial charge in [0.25, 0.3) is 0 Å². The maximum Gasteiger partial charge on any atom is 0.240 e. The minimum Gasteiger partial charge on any atom is -0.326 e. The predicted molar refractivity (Wildman–Crippen MR) is 117 cm³/mol. The molecule has 0 radical (unpaired) electrons. The van der Waals surface area contributed by atoms with E-state index in [1.165, 1.54) is 12.1 Å². The second-order valence-corrected chi connectivity index (χ2v) is 9.40. The van der Waals surface area contributed by atoms with Gasteiger partial charge < -0.3 is 10.2 Å². The molecule has 0 aliphatic carbocycles. The van der Waals surface area contributed by atoms with Crippen molar-refractivity contribution in [2.45, 2.75) is 44.6 Å². The van der Waals surface area contributed by atoms with Crippen LogP contribution < -0.4 is 14.9 Å². The largest absolute Gasteiger partial charge is 0.326 e. The third-order valence-corrected chi connectivity index (χ3v) is 6.85. The highest BCUT2D eigenvalue weighted by molar-refractivity contribution is 7.89. The molecule has 1 aliphatic rings. The van der Waals surface area contributed by atoms with Crippen LogP contribution in [0.2, 0.25) is 0 Å². The molecular formula is C22H27N3O4S. The summed E-state index contributed by atoms with van der Waals surface area (Å²) in [7, 11) is -3.59. The van der Waals surface area contributed by atoms with Gasteiger partial charge in [0.05, 0.1) is 10.8 Å². The van der Waals surface area contributed by atoms with Crippen molar-refractivity contribution in [3.8, 4) is 0 Å². The van der Waals surface area contributed by atoms with E-state index < -0.39 is 15.9 Å². The van der Waals surface area contributed by atoms with Gasteiger partial charge in [0.15, 0.2) is 0 Å². The first-order valence-electron chi connectivity index (χ1n) is 10.00. The highest BCUT2D eigenvalue weighted by atomic mass is 32.2. The average molecular weight is 430 g/mol. The molecule has 0 aromatic heterocycles. The number of nitrogens with one attached hydrogen (secondary N) is 2. The van der Waals surface area contributed by atoms with Crippen LogP contribution in [0.5, 0.6) is 0 Å². The third kappa shape index (κ3) is 5.06. The quantitative estimate of drug-likeness (QED) is 0.707. The van der Waals surface area contributed by atoms with E-state index in [0.717, 1.165) is 11.3 Å². The zero-order valence-corrected chi connectivity index (χ0v) is 18.2. The number of amides is 2. The standard InChI is InChI=1S/C22H27N3O4S/c1-4-16(3)24-30(28,29)20-11-7-18(8-12-20)23-22(27)17-13-21(26)25(14-17)19-9-5-15(2)6-10-19/h5-12,16-17,24H,4,13-14H2,1-3H3,(H,23,27)/t16-,17+/m0/s1. The second kappa shape index (κ2) is 8.97. The van der Waals surface area contributed by atoms with E-state index in [0.29, 0.717) is 18.7 Å². The van der Waals surface area contributed by atoms with Gasteiger partial charge in [-0.2, -0.15) is 0 Å². The number of rotatable bonds is 7. The summed E-state index contributed by atoms with van der Waals surface area (Å²) in [5.74, 6) is -0.808. The number of sulfonamides is 1. The van der Waals surface area contributed by atoms with Gasteiger partial charge in [-0.05, 0) is 56.7 Å². The van der Waals surface area contributed by atoms with Gasteiger partial charge >= 0.3 is 0 Å². The van der Waals surface area contributed by atoms with Crippen LogP contribution in [-0.2, 0) is 19.6 Å². The molecule has 2 aromatic rings. The van der Waals surface area contributed by atoms with Crippen molar-refractivity contribution in [2.75, 3.05) is 16.8 Å². The van der Waals surface area contributed by atoms with Crippen LogP contribution in [0.15, 0.2) is 53.4 Å². The Kier molecular flexibility index (Phi) is 6.58. The maximum atomic E-state index is 12.6. The Morgan fingerprint density at radius 1 is 1.13 bits per heavy atom. The van der Waals surface area contributed by atoms with E-state index in [-0.39, 0.29) is 29.2 Å². The molecule has 2 amide bonds. The summed E-state index contributed by atoms with van der Waals surface area (Å²) >= 11 is 0. The lowest BCUT2D eigenvalue weighted by atomic mass is 10.1. The molecule has 7 nitrogen and oxygen atoms in total. The van der Waals surface area contributed by atoms with Crippen molar-refractivity contribution in [3.63, 3.8) is 0 Å². The summed E-state index contributed by atoms with van der Waals surface area (Å²) in [6.07, 6.45) is 0.831. The number of carbonyl (C=O) groups excluding carboxylic acids is 2. The lowest BCUT2D eigenvalue weighted by Gasteiger charge is -2.17. The summed E-state index contributed by atoms with van der Waals surface area (Å²) < 4.78 is 27.3. The zero-order chi connectivity index (χ0) is 21.9. The van der Waals surface area contributed by atoms with Crippen LogP contribution in [0.1, 0.15) is 32.3 Å². The maximum absolute atomic E-state index is 12.6. The van der Waals surface area contributed by atoms with E-state index in [1.807, 2.05) is 38.1 Å². The Hall–Kier alpha value is -2.71. The number of hydrogen-bond acceptors (Lipinski definition) is 4. The fraction of sp³-hybridized carbons (Fsp3) is 0.364. The lowest BCUT2D eigenvalue weighted by molar-refractivity contribution is -0.122. The fourth-order valence-electron chi connectivity index (χ4n) is 3.24. The molecule has 1 fully saturated rings. The summed E-state index contributed by atoms with van der Waals surface area (Å²) in [4.78, 5) is 26.8. The van der Waals surface area contributed by atoms with E-state index in [4.69, 9.17) is 0 Å². The molecule has 3 rings (SSSR count). The molecule has 30 heavy (non-hydrogen) atoms. The zero-order valence-electron chi connectivity index (χ0n) is 17.4. The number of hydrogen-bond donors (Lipinski definition) is 2. The molecule has 2 atom stereocenters. The summed E-state index contributed by atoms with van der Waals surface area (Å²) in [5.41, 5.74) is 2.37. The summed E-state index contributed by atoms with van der Waals surface area (Å²) in [6, 6.07) is 13.5. The smallest absolute Gasteiger partial charge is 0.240 e. The minimum absolute atomic E-state index is 0.0865. The highest BCUT2D eigenvalue weighted by Crippen LogP contribution is 2.26. The summed E-state index contributed by atoms with van der Waals surface area (Å²) in [5, 5.41) is 2.78. The van der Waals surface area contributed by atoms with Gasteiger partial charge in [-0.25, -0.2) is 13.1 Å². The van der Waals surface area contributed by atoms with Crippen molar-refractivity contribution >= 4 is 33.2 Å². The Labute approximate surface area is 177 Å². The molecule has 1 aliphatic heterocycles. The normalized spacial score (nSPS) is 17.8. The fourth-order valence-corrected chi connectivity index (χ4v) is 4.56.